The van der Waals surface area contributed by atoms with Gasteiger partial charge in [-0.25, -0.2) is 4.39 Å². The van der Waals surface area contributed by atoms with Gasteiger partial charge in [0, 0.05) is 18.2 Å². The van der Waals surface area contributed by atoms with Crippen LogP contribution in [0.1, 0.15) is 61.9 Å². The highest BCUT2D eigenvalue weighted by Gasteiger charge is 2.47. The van der Waals surface area contributed by atoms with E-state index in [4.69, 9.17) is 5.73 Å². The lowest BCUT2D eigenvalue weighted by atomic mass is 9.76. The zero-order chi connectivity index (χ0) is 22.5. The fraction of sp³-hybridized carbons (Fsp3) is 0.583. The number of para-hydroxylation sites is 1. The highest BCUT2D eigenvalue weighted by atomic mass is 19.1. The summed E-state index contributed by atoms with van der Waals surface area (Å²) in [5, 5.41) is 4.79. The second-order valence-electron chi connectivity index (χ2n) is 9.92. The highest BCUT2D eigenvalue weighted by molar-refractivity contribution is 6.04. The van der Waals surface area contributed by atoms with E-state index in [0.717, 1.165) is 19.3 Å². The minimum atomic E-state index is -1.20. The summed E-state index contributed by atoms with van der Waals surface area (Å²) in [4.78, 5) is 39.4. The lowest BCUT2D eigenvalue weighted by Gasteiger charge is -2.30. The Morgan fingerprint density at radius 1 is 1.19 bits per heavy atom. The highest BCUT2D eigenvalue weighted by Crippen LogP contribution is 2.58. The molecule has 170 valence electrons. The molecule has 1 unspecified atom stereocenters. The molecule has 1 aromatic carbocycles. The number of alkyl halides is 1. The summed E-state index contributed by atoms with van der Waals surface area (Å²) < 4.78 is 15.7. The molecule has 3 fully saturated rings. The van der Waals surface area contributed by atoms with E-state index >= 15 is 0 Å². The number of nitrogens with zero attached hydrogens (tertiary/aromatic N) is 3. The van der Waals surface area contributed by atoms with Crippen LogP contribution in [0.3, 0.4) is 0 Å². The molecule has 5 rings (SSSR count). The standard InChI is InChI=1S/C24H29FN4O3/c25-16-11-19(20(30)10-15-4-3-7-24(12-15)8-9-24)28(13-16)21(31)14-29-18-6-2-1-5-17(18)22(27-29)23(26)32/h1-2,5-6,15-16,19H,3-4,7-14H2,(H2,26,32)/t15?,16-,19+/m1/s1. The monoisotopic (exact) mass is 440 g/mol. The summed E-state index contributed by atoms with van der Waals surface area (Å²) in [7, 11) is 0. The number of benzene rings is 1. The molecule has 1 saturated heterocycles. The number of hydrogen-bond acceptors (Lipinski definition) is 4. The first kappa shape index (κ1) is 21.1. The van der Waals surface area contributed by atoms with Crippen molar-refractivity contribution in [2.24, 2.45) is 17.1 Å². The molecule has 2 saturated carbocycles. The number of nitrogens with two attached hydrogens (primary N) is 1. The molecule has 2 N–H and O–H groups in total. The van der Waals surface area contributed by atoms with E-state index in [1.54, 1.807) is 24.3 Å². The van der Waals surface area contributed by atoms with Gasteiger partial charge in [0.05, 0.1) is 18.1 Å². The minimum absolute atomic E-state index is 0.0238. The largest absolute Gasteiger partial charge is 0.364 e. The van der Waals surface area contributed by atoms with Crippen molar-refractivity contribution in [2.45, 2.75) is 70.1 Å². The fourth-order valence-corrected chi connectivity index (χ4v) is 5.82. The SMILES string of the molecule is NC(=O)c1nn(CC(=O)N2C[C@H](F)C[C@H]2C(=O)CC2CCCC3(CC3)C2)c2ccccc12. The Hall–Kier alpha value is -2.77. The molecule has 1 aromatic heterocycles. The zero-order valence-corrected chi connectivity index (χ0v) is 18.1. The second kappa shape index (κ2) is 7.98. The van der Waals surface area contributed by atoms with Gasteiger partial charge in [-0.2, -0.15) is 5.10 Å². The quantitative estimate of drug-likeness (QED) is 0.747. The molecule has 2 aliphatic carbocycles. The average Bonchev–Trinajstić information content (AvgIpc) is 3.21. The van der Waals surface area contributed by atoms with Gasteiger partial charge in [-0.3, -0.25) is 19.1 Å². The molecule has 8 heteroatoms. The Kier molecular flexibility index (Phi) is 5.26. The van der Waals surface area contributed by atoms with E-state index in [-0.39, 0.29) is 36.9 Å². The summed E-state index contributed by atoms with van der Waals surface area (Å²) in [6.45, 7) is -0.247. The average molecular weight is 441 g/mol. The molecule has 1 spiro atoms. The number of ketones is 1. The van der Waals surface area contributed by atoms with E-state index in [1.807, 2.05) is 0 Å². The molecule has 0 bridgehead atoms. The summed E-state index contributed by atoms with van der Waals surface area (Å²) in [5.41, 5.74) is 6.60. The maximum atomic E-state index is 14.3. The number of primary amides is 1. The molecular formula is C24H29FN4O3. The maximum absolute atomic E-state index is 14.3. The topological polar surface area (TPSA) is 98.3 Å². The lowest BCUT2D eigenvalue weighted by molar-refractivity contribution is -0.138. The number of fused-ring (bicyclic) bond motifs is 1. The van der Waals surface area contributed by atoms with Crippen molar-refractivity contribution in [3.63, 3.8) is 0 Å². The smallest absolute Gasteiger partial charge is 0.269 e. The molecule has 0 radical (unpaired) electrons. The normalized spacial score (nSPS) is 26.5. The van der Waals surface area contributed by atoms with Gasteiger partial charge < -0.3 is 10.6 Å². The third kappa shape index (κ3) is 3.91. The minimum Gasteiger partial charge on any atom is -0.364 e. The number of amides is 2. The lowest BCUT2D eigenvalue weighted by Crippen LogP contribution is -2.43. The Labute approximate surface area is 186 Å². The molecule has 3 aliphatic rings. The first-order valence-corrected chi connectivity index (χ1v) is 11.6. The van der Waals surface area contributed by atoms with Crippen molar-refractivity contribution >= 4 is 28.5 Å². The first-order valence-electron chi connectivity index (χ1n) is 11.6. The van der Waals surface area contributed by atoms with Crippen LogP contribution in [-0.4, -0.2) is 51.0 Å². The van der Waals surface area contributed by atoms with Gasteiger partial charge >= 0.3 is 0 Å². The number of Topliss-reactive ketones (excluding diaryl/α,β-unsaturated/α-hetero) is 1. The van der Waals surface area contributed by atoms with Gasteiger partial charge in [-0.15, -0.1) is 0 Å². The summed E-state index contributed by atoms with van der Waals surface area (Å²) >= 11 is 0. The van der Waals surface area contributed by atoms with Gasteiger partial charge in [0.1, 0.15) is 12.7 Å². The van der Waals surface area contributed by atoms with Crippen molar-refractivity contribution < 1.29 is 18.8 Å². The van der Waals surface area contributed by atoms with Crippen molar-refractivity contribution in [3.05, 3.63) is 30.0 Å². The number of halogens is 1. The predicted octanol–water partition coefficient (Wildman–Crippen LogP) is 3.00. The van der Waals surface area contributed by atoms with Crippen LogP contribution in [0.4, 0.5) is 4.39 Å². The van der Waals surface area contributed by atoms with E-state index in [2.05, 4.69) is 5.10 Å². The van der Waals surface area contributed by atoms with E-state index in [9.17, 15) is 18.8 Å². The van der Waals surface area contributed by atoms with Crippen molar-refractivity contribution in [1.82, 2.24) is 14.7 Å². The van der Waals surface area contributed by atoms with Crippen LogP contribution >= 0.6 is 0 Å². The van der Waals surface area contributed by atoms with E-state index in [0.29, 0.717) is 28.7 Å². The molecule has 32 heavy (non-hydrogen) atoms. The Morgan fingerprint density at radius 3 is 2.72 bits per heavy atom. The predicted molar refractivity (Wildman–Crippen MR) is 117 cm³/mol. The Morgan fingerprint density at radius 2 is 1.97 bits per heavy atom. The number of carbonyl (C=O) groups is 3. The summed E-state index contributed by atoms with van der Waals surface area (Å²) in [6, 6.07) is 6.31. The Bertz CT molecular complexity index is 1080. The van der Waals surface area contributed by atoms with Crippen LogP contribution in [-0.2, 0) is 16.1 Å². The van der Waals surface area contributed by atoms with Crippen LogP contribution in [0, 0.1) is 11.3 Å². The molecule has 2 amide bonds. The fourth-order valence-electron chi connectivity index (χ4n) is 5.82. The van der Waals surface area contributed by atoms with Crippen LogP contribution in [0.5, 0.6) is 0 Å². The zero-order valence-electron chi connectivity index (χ0n) is 18.1. The molecule has 7 nitrogen and oxygen atoms in total. The third-order valence-corrected chi connectivity index (χ3v) is 7.61. The number of likely N-dealkylation sites (tertiary alicyclic amines) is 1. The summed E-state index contributed by atoms with van der Waals surface area (Å²) in [5.74, 6) is -0.714. The van der Waals surface area contributed by atoms with E-state index < -0.39 is 18.1 Å². The first-order chi connectivity index (χ1) is 15.3. The van der Waals surface area contributed by atoms with Crippen LogP contribution < -0.4 is 5.73 Å². The molecule has 3 atom stereocenters. The van der Waals surface area contributed by atoms with Gasteiger partial charge in [0.25, 0.3) is 5.91 Å². The second-order valence-corrected chi connectivity index (χ2v) is 9.92. The Balaban J connectivity index is 1.31. The number of aromatic nitrogens is 2. The number of rotatable bonds is 6. The molecular weight excluding hydrogens is 411 g/mol. The number of hydrogen-bond donors (Lipinski definition) is 1. The van der Waals surface area contributed by atoms with Crippen LogP contribution in [0.25, 0.3) is 10.9 Å². The maximum Gasteiger partial charge on any atom is 0.269 e. The van der Waals surface area contributed by atoms with Crippen molar-refractivity contribution in [2.75, 3.05) is 6.54 Å². The third-order valence-electron chi connectivity index (χ3n) is 7.61. The molecule has 2 aromatic rings. The molecule has 2 heterocycles. The van der Waals surface area contributed by atoms with Gasteiger partial charge in [-0.1, -0.05) is 24.6 Å². The molecule has 1 aliphatic heterocycles. The van der Waals surface area contributed by atoms with E-state index in [1.165, 1.54) is 28.8 Å². The van der Waals surface area contributed by atoms with Gasteiger partial charge in [0.2, 0.25) is 5.91 Å². The van der Waals surface area contributed by atoms with Gasteiger partial charge in [0.15, 0.2) is 11.5 Å². The van der Waals surface area contributed by atoms with Crippen LogP contribution in [0.2, 0.25) is 0 Å². The van der Waals surface area contributed by atoms with Crippen LogP contribution in [0.15, 0.2) is 24.3 Å². The summed E-state index contributed by atoms with van der Waals surface area (Å²) in [6.07, 6.45) is 6.39. The number of carbonyl (C=O) groups excluding carboxylic acids is 3. The van der Waals surface area contributed by atoms with Crippen molar-refractivity contribution in [1.29, 1.82) is 0 Å². The van der Waals surface area contributed by atoms with Crippen molar-refractivity contribution in [3.8, 4) is 0 Å². The van der Waals surface area contributed by atoms with Gasteiger partial charge in [-0.05, 0) is 49.5 Å².